The molecule has 2 rings (SSSR count). The Bertz CT molecular complexity index is 584. The zero-order valence-electron chi connectivity index (χ0n) is 10.1. The highest BCUT2D eigenvalue weighted by Gasteiger charge is 2.08. The number of halogens is 2. The molecule has 0 saturated heterocycles. The lowest BCUT2D eigenvalue weighted by Crippen LogP contribution is -2.07. The molecule has 0 bridgehead atoms. The van der Waals surface area contributed by atoms with E-state index in [2.05, 4.69) is 0 Å². The Hall–Kier alpha value is -1.68. The molecule has 0 aliphatic carbocycles. The van der Waals surface area contributed by atoms with Gasteiger partial charge in [-0.3, -0.25) is 4.79 Å². The summed E-state index contributed by atoms with van der Waals surface area (Å²) in [4.78, 5) is 12.4. The number of thioether (sulfide) groups is 1. The van der Waals surface area contributed by atoms with Crippen molar-refractivity contribution in [3.63, 3.8) is 0 Å². The highest BCUT2D eigenvalue weighted by Crippen LogP contribution is 2.19. The normalized spacial score (nSPS) is 10.4. The minimum absolute atomic E-state index is 0.0645. The van der Waals surface area contributed by atoms with Gasteiger partial charge in [0.05, 0.1) is 5.75 Å². The number of rotatable bonds is 5. The third-order valence-electron chi connectivity index (χ3n) is 2.54. The molecule has 0 radical (unpaired) electrons. The molecule has 2 aromatic carbocycles. The van der Waals surface area contributed by atoms with E-state index in [4.69, 9.17) is 0 Å². The van der Waals surface area contributed by atoms with Crippen LogP contribution in [0.15, 0.2) is 53.4 Å². The average Bonchev–Trinajstić information content (AvgIpc) is 2.39. The third kappa shape index (κ3) is 4.17. The van der Waals surface area contributed by atoms with Crippen LogP contribution in [0.2, 0.25) is 0 Å². The lowest BCUT2D eigenvalue weighted by Gasteiger charge is -2.03. The molecule has 0 spiro atoms. The van der Waals surface area contributed by atoms with Gasteiger partial charge in [-0.1, -0.05) is 24.3 Å². The number of carbonyl (C=O) groups is 1. The van der Waals surface area contributed by atoms with Gasteiger partial charge < -0.3 is 0 Å². The summed E-state index contributed by atoms with van der Waals surface area (Å²) < 4.78 is 26.3. The molecule has 98 valence electrons. The van der Waals surface area contributed by atoms with Crippen LogP contribution in [0, 0.1) is 11.6 Å². The standard InChI is InChI=1S/C15H12F2OS/c16-12-5-3-6-14(9-12)19-10-13(18)8-11-4-1-2-7-15(11)17/h1-7,9H,8,10H2. The van der Waals surface area contributed by atoms with Crippen LogP contribution < -0.4 is 0 Å². The van der Waals surface area contributed by atoms with Crippen molar-refractivity contribution in [2.24, 2.45) is 0 Å². The van der Waals surface area contributed by atoms with Crippen molar-refractivity contribution in [2.75, 3.05) is 5.75 Å². The summed E-state index contributed by atoms with van der Waals surface area (Å²) >= 11 is 1.26. The fourth-order valence-electron chi connectivity index (χ4n) is 1.63. The summed E-state index contributed by atoms with van der Waals surface area (Å²) in [5, 5.41) is 0. The van der Waals surface area contributed by atoms with Crippen LogP contribution in [0.4, 0.5) is 8.78 Å². The van der Waals surface area contributed by atoms with E-state index < -0.39 is 0 Å². The molecule has 0 N–H and O–H groups in total. The number of hydrogen-bond donors (Lipinski definition) is 0. The van der Waals surface area contributed by atoms with Crippen LogP contribution in [0.1, 0.15) is 5.56 Å². The van der Waals surface area contributed by atoms with Crippen molar-refractivity contribution in [2.45, 2.75) is 11.3 Å². The van der Waals surface area contributed by atoms with Crippen LogP contribution in [0.5, 0.6) is 0 Å². The molecule has 0 aromatic heterocycles. The van der Waals surface area contributed by atoms with Gasteiger partial charge in [0.2, 0.25) is 0 Å². The molecule has 0 atom stereocenters. The maximum atomic E-state index is 13.4. The van der Waals surface area contributed by atoms with E-state index >= 15 is 0 Å². The molecule has 0 fully saturated rings. The zero-order chi connectivity index (χ0) is 13.7. The molecule has 0 aliphatic rings. The summed E-state index contributed by atoms with van der Waals surface area (Å²) in [6.45, 7) is 0. The minimum atomic E-state index is -0.369. The highest BCUT2D eigenvalue weighted by molar-refractivity contribution is 8.00. The first-order valence-corrected chi connectivity index (χ1v) is 6.77. The van der Waals surface area contributed by atoms with Crippen LogP contribution in [0.3, 0.4) is 0 Å². The Morgan fingerprint density at radius 1 is 1.05 bits per heavy atom. The summed E-state index contributed by atoms with van der Waals surface area (Å²) in [5.74, 6) is -0.574. The van der Waals surface area contributed by atoms with E-state index in [-0.39, 0.29) is 29.6 Å². The number of ketones is 1. The molecule has 0 saturated carbocycles. The van der Waals surface area contributed by atoms with Crippen LogP contribution in [-0.2, 0) is 11.2 Å². The van der Waals surface area contributed by atoms with Gasteiger partial charge in [-0.05, 0) is 29.8 Å². The first-order valence-electron chi connectivity index (χ1n) is 5.78. The van der Waals surface area contributed by atoms with Gasteiger partial charge in [0, 0.05) is 11.3 Å². The number of Topliss-reactive ketones (excluding diaryl/α,β-unsaturated/α-hetero) is 1. The largest absolute Gasteiger partial charge is 0.298 e. The second kappa shape index (κ2) is 6.48. The Kier molecular flexibility index (Phi) is 4.68. The van der Waals surface area contributed by atoms with E-state index in [0.717, 1.165) is 0 Å². The fraction of sp³-hybridized carbons (Fsp3) is 0.133. The quantitative estimate of drug-likeness (QED) is 0.772. The van der Waals surface area contributed by atoms with Gasteiger partial charge in [-0.15, -0.1) is 11.8 Å². The highest BCUT2D eigenvalue weighted by atomic mass is 32.2. The summed E-state index contributed by atoms with van der Waals surface area (Å²) in [7, 11) is 0. The van der Waals surface area contributed by atoms with E-state index in [0.29, 0.717) is 10.5 Å². The molecular weight excluding hydrogens is 266 g/mol. The van der Waals surface area contributed by atoms with Gasteiger partial charge in [0.25, 0.3) is 0 Å². The zero-order valence-corrected chi connectivity index (χ0v) is 10.9. The van der Waals surface area contributed by atoms with Gasteiger partial charge in [0.15, 0.2) is 0 Å². The van der Waals surface area contributed by atoms with E-state index in [1.807, 2.05) is 0 Å². The summed E-state index contributed by atoms with van der Waals surface area (Å²) in [6.07, 6.45) is 0.0645. The van der Waals surface area contributed by atoms with Crippen molar-refractivity contribution in [3.8, 4) is 0 Å². The Morgan fingerprint density at radius 3 is 2.58 bits per heavy atom. The predicted molar refractivity (Wildman–Crippen MR) is 72.2 cm³/mol. The Morgan fingerprint density at radius 2 is 1.84 bits per heavy atom. The Balaban J connectivity index is 1.90. The number of benzene rings is 2. The first kappa shape index (κ1) is 13.7. The van der Waals surface area contributed by atoms with E-state index in [1.165, 1.54) is 30.0 Å². The van der Waals surface area contributed by atoms with Crippen molar-refractivity contribution >= 4 is 17.5 Å². The second-order valence-electron chi connectivity index (χ2n) is 4.05. The van der Waals surface area contributed by atoms with Gasteiger partial charge in [0.1, 0.15) is 17.4 Å². The maximum Gasteiger partial charge on any atom is 0.147 e. The van der Waals surface area contributed by atoms with Gasteiger partial charge >= 0.3 is 0 Å². The van der Waals surface area contributed by atoms with Gasteiger partial charge in [-0.25, -0.2) is 8.78 Å². The van der Waals surface area contributed by atoms with Crippen LogP contribution >= 0.6 is 11.8 Å². The molecule has 0 unspecified atom stereocenters. The third-order valence-corrected chi connectivity index (χ3v) is 3.59. The number of carbonyl (C=O) groups excluding carboxylic acids is 1. The molecule has 2 aromatic rings. The monoisotopic (exact) mass is 278 g/mol. The number of hydrogen-bond acceptors (Lipinski definition) is 2. The van der Waals surface area contributed by atoms with Crippen molar-refractivity contribution in [3.05, 3.63) is 65.7 Å². The second-order valence-corrected chi connectivity index (χ2v) is 5.10. The average molecular weight is 278 g/mol. The molecular formula is C15H12F2OS. The molecule has 0 amide bonds. The van der Waals surface area contributed by atoms with Crippen LogP contribution in [0.25, 0.3) is 0 Å². The lowest BCUT2D eigenvalue weighted by atomic mass is 10.1. The SMILES string of the molecule is O=C(CSc1cccc(F)c1)Cc1ccccc1F. The summed E-state index contributed by atoms with van der Waals surface area (Å²) in [6, 6.07) is 12.3. The smallest absolute Gasteiger partial charge is 0.147 e. The molecule has 0 aliphatic heterocycles. The van der Waals surface area contributed by atoms with Crippen molar-refractivity contribution < 1.29 is 13.6 Å². The molecule has 4 heteroatoms. The predicted octanol–water partition coefficient (Wildman–Crippen LogP) is 3.87. The van der Waals surface area contributed by atoms with E-state index in [1.54, 1.807) is 30.3 Å². The molecule has 19 heavy (non-hydrogen) atoms. The van der Waals surface area contributed by atoms with E-state index in [9.17, 15) is 13.6 Å². The van der Waals surface area contributed by atoms with Crippen LogP contribution in [-0.4, -0.2) is 11.5 Å². The van der Waals surface area contributed by atoms with Gasteiger partial charge in [-0.2, -0.15) is 0 Å². The lowest BCUT2D eigenvalue weighted by molar-refractivity contribution is -0.116. The fourth-order valence-corrected chi connectivity index (χ4v) is 2.43. The first-order chi connectivity index (χ1) is 9.15. The maximum absolute atomic E-state index is 13.4. The van der Waals surface area contributed by atoms with Crippen molar-refractivity contribution in [1.82, 2.24) is 0 Å². The minimum Gasteiger partial charge on any atom is -0.298 e. The topological polar surface area (TPSA) is 17.1 Å². The summed E-state index contributed by atoms with van der Waals surface area (Å²) in [5.41, 5.74) is 0.396. The molecule has 1 nitrogen and oxygen atoms in total. The molecule has 0 heterocycles. The Labute approximate surface area is 114 Å². The van der Waals surface area contributed by atoms with Crippen molar-refractivity contribution in [1.29, 1.82) is 0 Å².